The fourth-order valence-electron chi connectivity index (χ4n) is 3.09. The van der Waals surface area contributed by atoms with Crippen molar-refractivity contribution in [2.45, 2.75) is 30.4 Å². The predicted molar refractivity (Wildman–Crippen MR) is 116 cm³/mol. The van der Waals surface area contributed by atoms with Gasteiger partial charge in [0.1, 0.15) is 22.1 Å². The minimum atomic E-state index is -1.68. The quantitative estimate of drug-likeness (QED) is 0.298. The highest BCUT2D eigenvalue weighted by molar-refractivity contribution is 7.99. The van der Waals surface area contributed by atoms with E-state index in [9.17, 15) is 19.5 Å². The van der Waals surface area contributed by atoms with Crippen molar-refractivity contribution >= 4 is 23.5 Å². The second kappa shape index (κ2) is 9.61. The van der Waals surface area contributed by atoms with Gasteiger partial charge in [0.2, 0.25) is 0 Å². The fraction of sp³-hybridized carbons (Fsp3) is 0.217. The maximum absolute atomic E-state index is 12.7. The molecule has 0 aliphatic rings. The van der Waals surface area contributed by atoms with Crippen LogP contribution in [0.5, 0.6) is 5.75 Å². The monoisotopic (exact) mass is 439 g/mol. The molecule has 2 heterocycles. The molecule has 2 aromatic heterocycles. The van der Waals surface area contributed by atoms with E-state index in [2.05, 4.69) is 18.8 Å². The van der Waals surface area contributed by atoms with Crippen LogP contribution in [0.4, 0.5) is 0 Å². The molecule has 1 atom stereocenters. The minimum Gasteiger partial charge on any atom is -0.506 e. The van der Waals surface area contributed by atoms with Crippen LogP contribution in [-0.2, 0) is 4.79 Å². The molecule has 0 fully saturated rings. The topological polar surface area (TPSA) is 118 Å². The van der Waals surface area contributed by atoms with E-state index in [1.807, 2.05) is 30.3 Å². The van der Waals surface area contributed by atoms with Crippen LogP contribution in [0.25, 0.3) is 11.3 Å². The molecular formula is C23H21NO6S. The average molecular weight is 439 g/mol. The van der Waals surface area contributed by atoms with E-state index in [0.29, 0.717) is 5.92 Å². The number of carboxylic acid groups (broad SMARTS) is 1. The summed E-state index contributed by atoms with van der Waals surface area (Å²) < 4.78 is 5.37. The highest BCUT2D eigenvalue weighted by Crippen LogP contribution is 2.42. The standard InChI is InChI=1S/C23H21NO6S/c1-13(2)11-18(14-7-4-3-5-8-14)31-21-16(25)12-17(30-23(21)29)15-9-6-10-24-19(15)20(26)22(27)28/h3-10,12-13,18,25H,11H2,1-2H3,(H,27,28). The lowest BCUT2D eigenvalue weighted by Crippen LogP contribution is -2.16. The smallest absolute Gasteiger partial charge is 0.378 e. The summed E-state index contributed by atoms with van der Waals surface area (Å²) in [6.07, 6.45) is 2.04. The van der Waals surface area contributed by atoms with Gasteiger partial charge in [-0.2, -0.15) is 0 Å². The molecule has 0 spiro atoms. The molecule has 2 N–H and O–H groups in total. The molecular weight excluding hydrogens is 418 g/mol. The summed E-state index contributed by atoms with van der Waals surface area (Å²) in [6, 6.07) is 13.7. The van der Waals surface area contributed by atoms with Crippen LogP contribution >= 0.6 is 11.8 Å². The number of hydrogen-bond acceptors (Lipinski definition) is 7. The second-order valence-electron chi connectivity index (χ2n) is 7.29. The van der Waals surface area contributed by atoms with Gasteiger partial charge in [-0.05, 0) is 30.0 Å². The minimum absolute atomic E-state index is 0.0145. The largest absolute Gasteiger partial charge is 0.506 e. The van der Waals surface area contributed by atoms with E-state index in [1.165, 1.54) is 36.2 Å². The Morgan fingerprint density at radius 1 is 1.13 bits per heavy atom. The fourth-order valence-corrected chi connectivity index (χ4v) is 4.46. The molecule has 0 aliphatic heterocycles. The third-order valence-corrected chi connectivity index (χ3v) is 5.85. The molecule has 0 bridgehead atoms. The first kappa shape index (κ1) is 22.3. The first-order valence-electron chi connectivity index (χ1n) is 9.59. The molecule has 1 aromatic carbocycles. The van der Waals surface area contributed by atoms with Gasteiger partial charge in [0.25, 0.3) is 5.78 Å². The number of carbonyl (C=O) groups is 2. The van der Waals surface area contributed by atoms with E-state index in [4.69, 9.17) is 9.52 Å². The number of thioether (sulfide) groups is 1. The maximum Gasteiger partial charge on any atom is 0.378 e. The number of aromatic hydroxyl groups is 1. The summed E-state index contributed by atoms with van der Waals surface area (Å²) in [7, 11) is 0. The Morgan fingerprint density at radius 2 is 1.84 bits per heavy atom. The molecule has 7 nitrogen and oxygen atoms in total. The van der Waals surface area contributed by atoms with E-state index in [-0.39, 0.29) is 32.9 Å². The van der Waals surface area contributed by atoms with Gasteiger partial charge >= 0.3 is 11.6 Å². The number of Topliss-reactive ketones (excluding diaryl/α,β-unsaturated/α-hetero) is 1. The molecule has 3 rings (SSSR count). The number of ketones is 1. The molecule has 0 saturated carbocycles. The van der Waals surface area contributed by atoms with Crippen LogP contribution in [0.3, 0.4) is 0 Å². The first-order valence-corrected chi connectivity index (χ1v) is 10.5. The molecule has 0 aliphatic carbocycles. The van der Waals surface area contributed by atoms with Crippen molar-refractivity contribution in [1.29, 1.82) is 0 Å². The lowest BCUT2D eigenvalue weighted by molar-refractivity contribution is -0.131. The molecule has 0 saturated heterocycles. The molecule has 8 heteroatoms. The van der Waals surface area contributed by atoms with E-state index in [1.54, 1.807) is 0 Å². The molecule has 31 heavy (non-hydrogen) atoms. The number of pyridine rings is 1. The zero-order valence-corrected chi connectivity index (χ0v) is 17.8. The van der Waals surface area contributed by atoms with Crippen molar-refractivity contribution in [1.82, 2.24) is 4.98 Å². The van der Waals surface area contributed by atoms with E-state index >= 15 is 0 Å². The number of carboxylic acids is 1. The maximum atomic E-state index is 12.7. The highest BCUT2D eigenvalue weighted by Gasteiger charge is 2.25. The summed E-state index contributed by atoms with van der Waals surface area (Å²) in [5, 5.41) is 19.5. The van der Waals surface area contributed by atoms with Crippen LogP contribution in [0.15, 0.2) is 68.8 Å². The van der Waals surface area contributed by atoms with E-state index in [0.717, 1.165) is 12.0 Å². The van der Waals surface area contributed by atoms with Crippen molar-refractivity contribution in [2.75, 3.05) is 0 Å². The van der Waals surface area contributed by atoms with Crippen LogP contribution < -0.4 is 5.63 Å². The van der Waals surface area contributed by atoms with Gasteiger partial charge in [-0.1, -0.05) is 44.2 Å². The average Bonchev–Trinajstić information content (AvgIpc) is 2.75. The lowest BCUT2D eigenvalue weighted by Gasteiger charge is -2.19. The molecule has 1 unspecified atom stereocenters. The normalized spacial score (nSPS) is 12.0. The van der Waals surface area contributed by atoms with Gasteiger partial charge in [0.05, 0.1) is 0 Å². The lowest BCUT2D eigenvalue weighted by atomic mass is 10.0. The third kappa shape index (κ3) is 5.21. The number of carbonyl (C=O) groups excluding carboxylic acids is 1. The van der Waals surface area contributed by atoms with Crippen LogP contribution in [0.2, 0.25) is 0 Å². The highest BCUT2D eigenvalue weighted by atomic mass is 32.2. The summed E-state index contributed by atoms with van der Waals surface area (Å²) >= 11 is 1.21. The summed E-state index contributed by atoms with van der Waals surface area (Å²) in [5.74, 6) is -3.01. The summed E-state index contributed by atoms with van der Waals surface area (Å²) in [5.41, 5.74) is -0.117. The van der Waals surface area contributed by atoms with Gasteiger partial charge < -0.3 is 14.6 Å². The predicted octanol–water partition coefficient (Wildman–Crippen LogP) is 4.55. The van der Waals surface area contributed by atoms with Crippen LogP contribution in [0, 0.1) is 5.92 Å². The third-order valence-electron chi connectivity index (χ3n) is 4.49. The van der Waals surface area contributed by atoms with Crippen molar-refractivity contribution < 1.29 is 24.2 Å². The Kier molecular flexibility index (Phi) is 6.91. The first-order chi connectivity index (χ1) is 14.8. The van der Waals surface area contributed by atoms with Gasteiger partial charge in [0.15, 0.2) is 0 Å². The van der Waals surface area contributed by atoms with Crippen LogP contribution in [0.1, 0.15) is 41.6 Å². The number of benzene rings is 1. The van der Waals surface area contributed by atoms with Crippen molar-refractivity contribution in [3.63, 3.8) is 0 Å². The Labute approximate surface area is 182 Å². The van der Waals surface area contributed by atoms with Crippen molar-refractivity contribution in [3.05, 3.63) is 76.4 Å². The molecule has 160 valence electrons. The Hall–Kier alpha value is -3.39. The number of nitrogens with zero attached hydrogens (tertiary/aromatic N) is 1. The number of hydrogen-bond donors (Lipinski definition) is 2. The second-order valence-corrected chi connectivity index (χ2v) is 8.51. The number of aliphatic carboxylic acids is 1. The SMILES string of the molecule is CC(C)CC(Sc1c(O)cc(-c2cccnc2C(=O)C(=O)O)oc1=O)c1ccccc1. The van der Waals surface area contributed by atoms with E-state index < -0.39 is 17.4 Å². The number of aromatic nitrogens is 1. The molecule has 0 amide bonds. The Bertz CT molecular complexity index is 1160. The van der Waals surface area contributed by atoms with Crippen molar-refractivity contribution in [2.24, 2.45) is 5.92 Å². The van der Waals surface area contributed by atoms with Gasteiger partial charge in [-0.25, -0.2) is 9.59 Å². The Balaban J connectivity index is 2.01. The zero-order valence-electron chi connectivity index (χ0n) is 16.9. The van der Waals surface area contributed by atoms with Gasteiger partial charge in [0, 0.05) is 23.1 Å². The zero-order chi connectivity index (χ0) is 22.5. The van der Waals surface area contributed by atoms with Crippen molar-refractivity contribution in [3.8, 4) is 17.1 Å². The number of rotatable bonds is 8. The summed E-state index contributed by atoms with van der Waals surface area (Å²) in [4.78, 5) is 39.6. The molecule has 3 aromatic rings. The summed E-state index contributed by atoms with van der Waals surface area (Å²) in [6.45, 7) is 4.15. The van der Waals surface area contributed by atoms with Crippen LogP contribution in [-0.4, -0.2) is 26.9 Å². The molecule has 0 radical (unpaired) electrons. The Morgan fingerprint density at radius 3 is 2.45 bits per heavy atom. The van der Waals surface area contributed by atoms with Gasteiger partial charge in [-0.15, -0.1) is 11.8 Å². The van der Waals surface area contributed by atoms with Gasteiger partial charge in [-0.3, -0.25) is 9.78 Å².